The average molecular weight is 386 g/mol. The van der Waals surface area contributed by atoms with Gasteiger partial charge in [0.2, 0.25) is 5.95 Å². The van der Waals surface area contributed by atoms with Crippen LogP contribution in [0.15, 0.2) is 24.3 Å². The number of aryl methyl sites for hydroxylation is 1. The number of benzene rings is 1. The van der Waals surface area contributed by atoms with Crippen molar-refractivity contribution in [2.24, 2.45) is 0 Å². The molecule has 0 spiro atoms. The lowest BCUT2D eigenvalue weighted by Gasteiger charge is -2.16. The Morgan fingerprint density at radius 1 is 1.25 bits per heavy atom. The Hall–Kier alpha value is -2.34. The zero-order valence-corrected chi connectivity index (χ0v) is 18.0. The number of nitrogen functional groups attached to an aromatic ring is 1. The highest BCUT2D eigenvalue weighted by atomic mass is 16.5. The molecule has 1 aromatic heterocycles. The van der Waals surface area contributed by atoms with Gasteiger partial charge in [0.05, 0.1) is 6.61 Å². The van der Waals surface area contributed by atoms with Gasteiger partial charge in [-0.3, -0.25) is 0 Å². The highest BCUT2D eigenvalue weighted by Gasteiger charge is 2.12. The van der Waals surface area contributed by atoms with Crippen LogP contribution in [0.5, 0.6) is 5.75 Å². The van der Waals surface area contributed by atoms with E-state index in [-0.39, 0.29) is 0 Å². The molecule has 1 unspecified atom stereocenters. The molecular formula is C22H35N5O. The smallest absolute Gasteiger partial charge is 0.225 e. The number of rotatable bonds is 11. The summed E-state index contributed by atoms with van der Waals surface area (Å²) in [5.41, 5.74) is 9.28. The summed E-state index contributed by atoms with van der Waals surface area (Å²) in [5, 5.41) is 3.34. The zero-order chi connectivity index (χ0) is 20.5. The van der Waals surface area contributed by atoms with E-state index in [1.54, 1.807) is 0 Å². The molecule has 0 bridgehead atoms. The molecule has 3 N–H and O–H groups in total. The molecule has 2 aromatic rings. The van der Waals surface area contributed by atoms with Gasteiger partial charge in [-0.05, 0) is 58.5 Å². The average Bonchev–Trinajstić information content (AvgIpc) is 2.62. The van der Waals surface area contributed by atoms with Crippen molar-refractivity contribution in [2.45, 2.75) is 52.5 Å². The predicted molar refractivity (Wildman–Crippen MR) is 117 cm³/mol. The molecule has 0 aliphatic rings. The van der Waals surface area contributed by atoms with Crippen molar-refractivity contribution in [2.75, 3.05) is 38.3 Å². The first kappa shape index (κ1) is 22.0. The fraction of sp³-hybridized carbons (Fsp3) is 0.545. The van der Waals surface area contributed by atoms with E-state index >= 15 is 0 Å². The van der Waals surface area contributed by atoms with Gasteiger partial charge in [0.1, 0.15) is 11.6 Å². The predicted octanol–water partition coefficient (Wildman–Crippen LogP) is 3.89. The van der Waals surface area contributed by atoms with Gasteiger partial charge in [0.25, 0.3) is 0 Å². The van der Waals surface area contributed by atoms with E-state index < -0.39 is 0 Å². The minimum absolute atomic E-state index is 0.330. The number of nitrogens with one attached hydrogen (secondary N) is 1. The number of ether oxygens (including phenoxy) is 1. The maximum absolute atomic E-state index is 6.26. The van der Waals surface area contributed by atoms with E-state index in [9.17, 15) is 0 Å². The van der Waals surface area contributed by atoms with Crippen LogP contribution in [0.1, 0.15) is 49.9 Å². The SMILES string of the molecule is CCCC(C)Nc1nc(C)c(Cc2cccc(OCCCN(C)C)c2)c(N)n1. The molecular weight excluding hydrogens is 350 g/mol. The summed E-state index contributed by atoms with van der Waals surface area (Å²) in [6.07, 6.45) is 3.89. The molecule has 1 heterocycles. The van der Waals surface area contributed by atoms with Gasteiger partial charge in [-0.25, -0.2) is 4.98 Å². The molecule has 154 valence electrons. The second kappa shape index (κ2) is 10.9. The normalized spacial score (nSPS) is 12.2. The monoisotopic (exact) mass is 385 g/mol. The minimum Gasteiger partial charge on any atom is -0.494 e. The molecule has 0 radical (unpaired) electrons. The second-order valence-corrected chi connectivity index (χ2v) is 7.66. The third-order valence-corrected chi connectivity index (χ3v) is 4.64. The van der Waals surface area contributed by atoms with Gasteiger partial charge in [0.15, 0.2) is 0 Å². The summed E-state index contributed by atoms with van der Waals surface area (Å²) in [6.45, 7) is 8.02. The molecule has 6 nitrogen and oxygen atoms in total. The van der Waals surface area contributed by atoms with Crippen molar-refractivity contribution in [3.63, 3.8) is 0 Å². The van der Waals surface area contributed by atoms with E-state index in [1.165, 1.54) is 0 Å². The molecule has 0 aliphatic carbocycles. The van der Waals surface area contributed by atoms with Crippen molar-refractivity contribution < 1.29 is 4.74 Å². The first-order chi connectivity index (χ1) is 13.4. The molecule has 0 saturated heterocycles. The van der Waals surface area contributed by atoms with Gasteiger partial charge in [-0.1, -0.05) is 25.5 Å². The van der Waals surface area contributed by atoms with Crippen LogP contribution in [-0.4, -0.2) is 48.2 Å². The molecule has 28 heavy (non-hydrogen) atoms. The van der Waals surface area contributed by atoms with Crippen molar-refractivity contribution in [1.82, 2.24) is 14.9 Å². The highest BCUT2D eigenvalue weighted by molar-refractivity contribution is 5.49. The number of aromatic nitrogens is 2. The molecule has 0 saturated carbocycles. The van der Waals surface area contributed by atoms with Crippen LogP contribution in [0.2, 0.25) is 0 Å². The minimum atomic E-state index is 0.330. The lowest BCUT2D eigenvalue weighted by atomic mass is 10.0. The van der Waals surface area contributed by atoms with Gasteiger partial charge in [-0.15, -0.1) is 0 Å². The Labute approximate surface area is 169 Å². The van der Waals surface area contributed by atoms with Crippen LogP contribution in [0.4, 0.5) is 11.8 Å². The number of hydrogen-bond acceptors (Lipinski definition) is 6. The van der Waals surface area contributed by atoms with Gasteiger partial charge in [-0.2, -0.15) is 4.98 Å². The summed E-state index contributed by atoms with van der Waals surface area (Å²) >= 11 is 0. The molecule has 2 rings (SSSR count). The van der Waals surface area contributed by atoms with Crippen molar-refractivity contribution in [1.29, 1.82) is 0 Å². The Kier molecular flexibility index (Phi) is 8.51. The largest absolute Gasteiger partial charge is 0.494 e. The first-order valence-corrected chi connectivity index (χ1v) is 10.1. The number of nitrogens with zero attached hydrogens (tertiary/aromatic N) is 3. The number of nitrogens with two attached hydrogens (primary N) is 1. The van der Waals surface area contributed by atoms with Crippen LogP contribution in [-0.2, 0) is 6.42 Å². The summed E-state index contributed by atoms with van der Waals surface area (Å²) in [5.74, 6) is 2.04. The Morgan fingerprint density at radius 3 is 2.71 bits per heavy atom. The summed E-state index contributed by atoms with van der Waals surface area (Å²) < 4.78 is 5.88. The highest BCUT2D eigenvalue weighted by Crippen LogP contribution is 2.22. The van der Waals surface area contributed by atoms with Crippen molar-refractivity contribution in [3.05, 3.63) is 41.1 Å². The molecule has 0 aliphatic heterocycles. The third-order valence-electron chi connectivity index (χ3n) is 4.64. The van der Waals surface area contributed by atoms with Gasteiger partial charge < -0.3 is 20.7 Å². The maximum Gasteiger partial charge on any atom is 0.225 e. The lowest BCUT2D eigenvalue weighted by molar-refractivity contribution is 0.281. The Balaban J connectivity index is 2.03. The van der Waals surface area contributed by atoms with E-state index in [4.69, 9.17) is 10.5 Å². The molecule has 0 fully saturated rings. The summed E-state index contributed by atoms with van der Waals surface area (Å²) in [6, 6.07) is 8.50. The lowest BCUT2D eigenvalue weighted by Crippen LogP contribution is -2.18. The maximum atomic E-state index is 6.26. The Bertz CT molecular complexity index is 724. The number of hydrogen-bond donors (Lipinski definition) is 2. The van der Waals surface area contributed by atoms with E-state index in [2.05, 4.69) is 60.3 Å². The zero-order valence-electron chi connectivity index (χ0n) is 18.0. The topological polar surface area (TPSA) is 76.3 Å². The molecule has 1 aromatic carbocycles. The quantitative estimate of drug-likeness (QED) is 0.572. The van der Waals surface area contributed by atoms with E-state index in [0.29, 0.717) is 30.8 Å². The molecule has 6 heteroatoms. The van der Waals surface area contributed by atoms with E-state index in [1.807, 2.05) is 19.1 Å². The third kappa shape index (κ3) is 7.00. The van der Waals surface area contributed by atoms with Gasteiger partial charge >= 0.3 is 0 Å². The standard InChI is InChI=1S/C22H35N5O/c1-6-9-16(2)24-22-25-17(3)20(21(23)26-22)15-18-10-7-11-19(14-18)28-13-8-12-27(4)5/h7,10-11,14,16H,6,8-9,12-13,15H2,1-5H3,(H3,23,24,25,26). The fourth-order valence-corrected chi connectivity index (χ4v) is 3.15. The fourth-order valence-electron chi connectivity index (χ4n) is 3.15. The van der Waals surface area contributed by atoms with Crippen LogP contribution in [0, 0.1) is 6.92 Å². The van der Waals surface area contributed by atoms with Crippen molar-refractivity contribution in [3.8, 4) is 5.75 Å². The molecule has 0 amide bonds. The van der Waals surface area contributed by atoms with Crippen LogP contribution >= 0.6 is 0 Å². The Morgan fingerprint density at radius 2 is 2.04 bits per heavy atom. The molecule has 1 atom stereocenters. The number of anilines is 2. The summed E-state index contributed by atoms with van der Waals surface area (Å²) in [4.78, 5) is 11.2. The van der Waals surface area contributed by atoms with Crippen LogP contribution in [0.3, 0.4) is 0 Å². The van der Waals surface area contributed by atoms with Crippen LogP contribution in [0.25, 0.3) is 0 Å². The van der Waals surface area contributed by atoms with Crippen LogP contribution < -0.4 is 15.8 Å². The first-order valence-electron chi connectivity index (χ1n) is 10.1. The summed E-state index contributed by atoms with van der Waals surface area (Å²) in [7, 11) is 4.14. The van der Waals surface area contributed by atoms with Gasteiger partial charge in [0, 0.05) is 30.3 Å². The second-order valence-electron chi connectivity index (χ2n) is 7.66. The van der Waals surface area contributed by atoms with Crippen molar-refractivity contribution >= 4 is 11.8 Å². The van der Waals surface area contributed by atoms with E-state index in [0.717, 1.165) is 48.4 Å².